The van der Waals surface area contributed by atoms with Gasteiger partial charge in [0.15, 0.2) is 5.03 Å². The highest BCUT2D eigenvalue weighted by atomic mass is 32.2. The van der Waals surface area contributed by atoms with E-state index >= 15 is 0 Å². The Labute approximate surface area is 197 Å². The standard InChI is InChI=1S/C21H24F5N5O3S/c1-19(6-7-20(22,23)10-19)11-30-17(15(21(24,25)26)16(29-30)12-3-4-12)18(32)28-13-5-8-31(33)14(9-13)35(2,27)34/h5,8-9,12,27,33H,3-4,6-7,10-11H2,1-2H3. The Morgan fingerprint density at radius 1 is 1.34 bits per heavy atom. The first kappa shape index (κ1) is 25.3. The molecule has 8 nitrogen and oxygen atoms in total. The van der Waals surface area contributed by atoms with Gasteiger partial charge in [0, 0.05) is 43.8 Å². The third kappa shape index (κ3) is 5.26. The van der Waals surface area contributed by atoms with Crippen molar-refractivity contribution in [3.63, 3.8) is 0 Å². The molecule has 0 aliphatic heterocycles. The van der Waals surface area contributed by atoms with E-state index in [9.17, 15) is 36.2 Å². The van der Waals surface area contributed by atoms with E-state index in [4.69, 9.17) is 4.78 Å². The van der Waals surface area contributed by atoms with Crippen LogP contribution in [0.15, 0.2) is 28.3 Å². The van der Waals surface area contributed by atoms with Gasteiger partial charge in [0.1, 0.15) is 11.3 Å². The molecule has 1 amide bonds. The molecule has 0 saturated heterocycles. The van der Waals surface area contributed by atoms with Crippen LogP contribution >= 0.6 is 0 Å². The van der Waals surface area contributed by atoms with Crippen molar-refractivity contribution in [3.8, 4) is 0 Å². The van der Waals surface area contributed by atoms with Gasteiger partial charge in [-0.3, -0.25) is 9.48 Å². The molecule has 0 spiro atoms. The number of pyridine rings is 1. The lowest BCUT2D eigenvalue weighted by molar-refractivity contribution is -0.138. The summed E-state index contributed by atoms with van der Waals surface area (Å²) in [4.78, 5) is 16.9. The topological polar surface area (TPSA) is 113 Å². The van der Waals surface area contributed by atoms with Crippen LogP contribution < -0.4 is 5.36 Å². The molecule has 2 atom stereocenters. The Kier molecular flexibility index (Phi) is 5.89. The molecule has 35 heavy (non-hydrogen) atoms. The summed E-state index contributed by atoms with van der Waals surface area (Å²) in [7, 11) is -3.46. The van der Waals surface area contributed by atoms with E-state index in [0.717, 1.165) is 29.3 Å². The highest BCUT2D eigenvalue weighted by Crippen LogP contribution is 2.50. The van der Waals surface area contributed by atoms with E-state index in [1.807, 2.05) is 0 Å². The van der Waals surface area contributed by atoms with Crippen LogP contribution in [0.2, 0.25) is 0 Å². The molecular formula is C21H24F5N5O3S. The van der Waals surface area contributed by atoms with Crippen LogP contribution in [0.25, 0.3) is 0 Å². The fraction of sp³-hybridized carbons (Fsp3) is 0.571. The molecule has 14 heteroatoms. The Morgan fingerprint density at radius 3 is 2.51 bits per heavy atom. The molecule has 2 saturated carbocycles. The van der Waals surface area contributed by atoms with Gasteiger partial charge in [0.05, 0.1) is 20.8 Å². The maximum absolute atomic E-state index is 14.1. The summed E-state index contributed by atoms with van der Waals surface area (Å²) < 4.78 is 91.2. The molecule has 2 N–H and O–H groups in total. The molecule has 0 aromatic carbocycles. The van der Waals surface area contributed by atoms with Crippen LogP contribution in [0.4, 0.5) is 22.0 Å². The Hall–Kier alpha value is -2.77. The number of carbonyl (C=O) groups is 1. The molecule has 2 aliphatic carbocycles. The summed E-state index contributed by atoms with van der Waals surface area (Å²) in [5, 5.41) is 13.2. The average Bonchev–Trinajstić information content (AvgIpc) is 3.41. The smallest absolute Gasteiger partial charge is 0.420 e. The number of nitrogens with zero attached hydrogens (tertiary/aromatic N) is 4. The minimum absolute atomic E-state index is 0.0532. The monoisotopic (exact) mass is 521 g/mol. The van der Waals surface area contributed by atoms with Crippen molar-refractivity contribution in [1.82, 2.24) is 14.5 Å². The number of amides is 1. The van der Waals surface area contributed by atoms with E-state index in [-0.39, 0.29) is 24.0 Å². The second-order valence-electron chi connectivity index (χ2n) is 9.71. The zero-order valence-corrected chi connectivity index (χ0v) is 19.7. The summed E-state index contributed by atoms with van der Waals surface area (Å²) in [5.41, 5.74) is -3.44. The zero-order chi connectivity index (χ0) is 26.0. The third-order valence-electron chi connectivity index (χ3n) is 6.25. The number of alkyl halides is 5. The summed E-state index contributed by atoms with van der Waals surface area (Å²) in [6.07, 6.45) is -2.94. The van der Waals surface area contributed by atoms with Gasteiger partial charge in [-0.15, -0.1) is 0 Å². The molecule has 2 aliphatic rings. The fourth-order valence-corrected chi connectivity index (χ4v) is 5.27. The predicted molar refractivity (Wildman–Crippen MR) is 113 cm³/mol. The van der Waals surface area contributed by atoms with Crippen LogP contribution in [-0.2, 0) is 22.5 Å². The number of aromatic nitrogens is 3. The van der Waals surface area contributed by atoms with Crippen molar-refractivity contribution in [2.45, 2.75) is 68.6 Å². The minimum Gasteiger partial charge on any atom is -0.428 e. The van der Waals surface area contributed by atoms with Gasteiger partial charge in [0.2, 0.25) is 5.92 Å². The summed E-state index contributed by atoms with van der Waals surface area (Å²) in [6.45, 7) is 1.21. The maximum atomic E-state index is 14.1. The van der Waals surface area contributed by atoms with Gasteiger partial charge in [-0.2, -0.15) is 23.0 Å². The SMILES string of the molecule is CC1(Cn2nc(C3CC3)c(C(F)(F)F)c2C(=O)N=c2ccn(O)c(S(C)(=N)=O)c2)CCC(F)(F)C1. The van der Waals surface area contributed by atoms with Gasteiger partial charge in [-0.05, 0) is 30.7 Å². The molecule has 2 unspecified atom stereocenters. The van der Waals surface area contributed by atoms with Gasteiger partial charge < -0.3 is 5.21 Å². The van der Waals surface area contributed by atoms with E-state index in [2.05, 4.69) is 10.1 Å². The van der Waals surface area contributed by atoms with E-state index in [1.165, 1.54) is 6.92 Å². The maximum Gasteiger partial charge on any atom is 0.420 e. The van der Waals surface area contributed by atoms with Gasteiger partial charge in [-0.25, -0.2) is 22.8 Å². The quantitative estimate of drug-likeness (QED) is 0.448. The van der Waals surface area contributed by atoms with Crippen molar-refractivity contribution >= 4 is 15.6 Å². The second-order valence-corrected chi connectivity index (χ2v) is 11.8. The van der Waals surface area contributed by atoms with Gasteiger partial charge >= 0.3 is 6.18 Å². The van der Waals surface area contributed by atoms with Crippen LogP contribution in [0.3, 0.4) is 0 Å². The number of carbonyl (C=O) groups excluding carboxylic acids is 1. The van der Waals surface area contributed by atoms with Crippen molar-refractivity contribution < 1.29 is 36.2 Å². The zero-order valence-electron chi connectivity index (χ0n) is 18.9. The number of rotatable bonds is 5. The minimum atomic E-state index is -4.94. The highest BCUT2D eigenvalue weighted by molar-refractivity contribution is 7.91. The lowest BCUT2D eigenvalue weighted by Crippen LogP contribution is -2.26. The number of halogens is 5. The van der Waals surface area contributed by atoms with E-state index in [1.54, 1.807) is 0 Å². The lowest BCUT2D eigenvalue weighted by Gasteiger charge is -2.24. The van der Waals surface area contributed by atoms with Gasteiger partial charge in [-0.1, -0.05) is 6.92 Å². The van der Waals surface area contributed by atoms with Gasteiger partial charge in [0.25, 0.3) is 5.91 Å². The average molecular weight is 522 g/mol. The molecule has 0 bridgehead atoms. The molecule has 4 rings (SSSR count). The fourth-order valence-electron chi connectivity index (χ4n) is 4.51. The predicted octanol–water partition coefficient (Wildman–Crippen LogP) is 4.42. The van der Waals surface area contributed by atoms with Crippen LogP contribution in [-0.4, -0.2) is 42.0 Å². The normalized spacial score (nSPS) is 24.5. The molecule has 192 valence electrons. The Morgan fingerprint density at radius 2 is 2.00 bits per heavy atom. The number of hydrogen-bond acceptors (Lipinski definition) is 5. The lowest BCUT2D eigenvalue weighted by atomic mass is 9.88. The summed E-state index contributed by atoms with van der Waals surface area (Å²) in [6, 6.07) is 2.06. The summed E-state index contributed by atoms with van der Waals surface area (Å²) >= 11 is 0. The Balaban J connectivity index is 1.86. The second kappa shape index (κ2) is 8.14. The third-order valence-corrected chi connectivity index (χ3v) is 7.36. The van der Waals surface area contributed by atoms with Crippen molar-refractivity contribution in [3.05, 3.63) is 40.6 Å². The van der Waals surface area contributed by atoms with E-state index in [0.29, 0.717) is 17.6 Å². The molecule has 0 radical (unpaired) electrons. The van der Waals surface area contributed by atoms with Crippen molar-refractivity contribution in [1.29, 1.82) is 4.78 Å². The van der Waals surface area contributed by atoms with Crippen molar-refractivity contribution in [2.24, 2.45) is 10.4 Å². The number of hydrogen-bond donors (Lipinski definition) is 2. The first-order valence-corrected chi connectivity index (χ1v) is 12.8. The first-order chi connectivity index (χ1) is 16.0. The molecule has 2 aromatic heterocycles. The van der Waals surface area contributed by atoms with Crippen LogP contribution in [0.5, 0.6) is 0 Å². The highest BCUT2D eigenvalue weighted by Gasteiger charge is 2.50. The van der Waals surface area contributed by atoms with Crippen LogP contribution in [0.1, 0.15) is 66.7 Å². The van der Waals surface area contributed by atoms with Crippen LogP contribution in [0, 0.1) is 10.2 Å². The van der Waals surface area contributed by atoms with Crippen molar-refractivity contribution in [2.75, 3.05) is 6.26 Å². The summed E-state index contributed by atoms with van der Waals surface area (Å²) in [5.74, 6) is -4.74. The van der Waals surface area contributed by atoms with E-state index < -0.39 is 68.2 Å². The molecular weight excluding hydrogens is 497 g/mol. The largest absolute Gasteiger partial charge is 0.428 e. The molecule has 2 fully saturated rings. The molecule has 2 aromatic rings. The first-order valence-electron chi connectivity index (χ1n) is 10.8. The molecule has 2 heterocycles. The Bertz CT molecular complexity index is 1360. The number of nitrogens with one attached hydrogen (secondary N) is 1.